The van der Waals surface area contributed by atoms with Crippen LogP contribution in [0, 0.1) is 0 Å². The molecule has 106 valence electrons. The first-order chi connectivity index (χ1) is 10.2. The second-order valence-corrected chi connectivity index (χ2v) is 5.17. The SMILES string of the molecule is O=C(O)Nc1snc2cc(OCc3ccccc3)ccc12. The summed E-state index contributed by atoms with van der Waals surface area (Å²) >= 11 is 1.12. The van der Waals surface area contributed by atoms with Crippen molar-refractivity contribution in [3.63, 3.8) is 0 Å². The van der Waals surface area contributed by atoms with E-state index in [1.54, 1.807) is 0 Å². The van der Waals surface area contributed by atoms with Gasteiger partial charge in [-0.25, -0.2) is 4.79 Å². The fraction of sp³-hybridized carbons (Fsp3) is 0.0667. The number of aromatic nitrogens is 1. The van der Waals surface area contributed by atoms with E-state index in [0.29, 0.717) is 22.9 Å². The fourth-order valence-corrected chi connectivity index (χ4v) is 2.69. The molecule has 0 bridgehead atoms. The summed E-state index contributed by atoms with van der Waals surface area (Å²) in [6.45, 7) is 0.483. The molecule has 1 heterocycles. The molecule has 3 aromatic rings. The van der Waals surface area contributed by atoms with Crippen molar-refractivity contribution in [2.75, 3.05) is 5.32 Å². The van der Waals surface area contributed by atoms with Crippen LogP contribution in [0.15, 0.2) is 48.5 Å². The Kier molecular flexibility index (Phi) is 3.70. The van der Waals surface area contributed by atoms with E-state index in [0.717, 1.165) is 22.5 Å². The van der Waals surface area contributed by atoms with Crippen LogP contribution in [0.4, 0.5) is 9.80 Å². The molecule has 1 amide bonds. The van der Waals surface area contributed by atoms with Gasteiger partial charge in [0.2, 0.25) is 0 Å². The number of hydrogen-bond acceptors (Lipinski definition) is 4. The summed E-state index contributed by atoms with van der Waals surface area (Å²) in [6, 6.07) is 15.3. The molecule has 5 nitrogen and oxygen atoms in total. The first-order valence-corrected chi connectivity index (χ1v) is 7.06. The van der Waals surface area contributed by atoms with Gasteiger partial charge in [0.05, 0.1) is 5.52 Å². The van der Waals surface area contributed by atoms with Gasteiger partial charge < -0.3 is 9.84 Å². The Labute approximate surface area is 125 Å². The normalized spacial score (nSPS) is 10.5. The Balaban J connectivity index is 1.77. The number of carboxylic acid groups (broad SMARTS) is 1. The van der Waals surface area contributed by atoms with Crippen molar-refractivity contribution >= 4 is 33.5 Å². The van der Waals surface area contributed by atoms with Crippen molar-refractivity contribution in [2.45, 2.75) is 6.61 Å². The lowest BCUT2D eigenvalue weighted by atomic mass is 10.2. The van der Waals surface area contributed by atoms with Crippen molar-refractivity contribution < 1.29 is 14.6 Å². The number of fused-ring (bicyclic) bond motifs is 1. The van der Waals surface area contributed by atoms with Gasteiger partial charge in [-0.05, 0) is 29.2 Å². The van der Waals surface area contributed by atoms with Crippen molar-refractivity contribution in [1.82, 2.24) is 4.37 Å². The van der Waals surface area contributed by atoms with Crippen molar-refractivity contribution in [1.29, 1.82) is 0 Å². The molecule has 0 spiro atoms. The molecule has 0 aliphatic heterocycles. The largest absolute Gasteiger partial charge is 0.489 e. The topological polar surface area (TPSA) is 71.5 Å². The first-order valence-electron chi connectivity index (χ1n) is 6.28. The molecular formula is C15H12N2O3S. The van der Waals surface area contributed by atoms with Gasteiger partial charge in [-0.2, -0.15) is 4.37 Å². The van der Waals surface area contributed by atoms with E-state index in [9.17, 15) is 4.79 Å². The Morgan fingerprint density at radius 1 is 1.24 bits per heavy atom. The molecule has 2 N–H and O–H groups in total. The minimum atomic E-state index is -1.09. The van der Waals surface area contributed by atoms with Crippen LogP contribution >= 0.6 is 11.5 Å². The van der Waals surface area contributed by atoms with Gasteiger partial charge in [-0.15, -0.1) is 0 Å². The van der Waals surface area contributed by atoms with Crippen LogP contribution in [0.5, 0.6) is 5.75 Å². The average molecular weight is 300 g/mol. The summed E-state index contributed by atoms with van der Waals surface area (Å²) < 4.78 is 9.94. The third-order valence-electron chi connectivity index (χ3n) is 2.92. The van der Waals surface area contributed by atoms with Crippen molar-refractivity contribution in [2.24, 2.45) is 0 Å². The van der Waals surface area contributed by atoms with Gasteiger partial charge >= 0.3 is 6.09 Å². The van der Waals surface area contributed by atoms with Crippen LogP contribution in [-0.2, 0) is 6.61 Å². The number of benzene rings is 2. The second kappa shape index (κ2) is 5.80. The highest BCUT2D eigenvalue weighted by molar-refractivity contribution is 7.12. The number of carbonyl (C=O) groups is 1. The number of nitrogens with one attached hydrogen (secondary N) is 1. The Morgan fingerprint density at radius 2 is 2.05 bits per heavy atom. The number of ether oxygens (including phenoxy) is 1. The molecule has 6 heteroatoms. The highest BCUT2D eigenvalue weighted by atomic mass is 32.1. The van der Waals surface area contributed by atoms with Crippen LogP contribution in [0.2, 0.25) is 0 Å². The third kappa shape index (κ3) is 3.11. The van der Waals surface area contributed by atoms with E-state index in [1.807, 2.05) is 48.5 Å². The van der Waals surface area contributed by atoms with Gasteiger partial charge in [0.1, 0.15) is 17.4 Å². The van der Waals surface area contributed by atoms with Crippen molar-refractivity contribution in [3.05, 3.63) is 54.1 Å². The number of anilines is 1. The van der Waals surface area contributed by atoms with Gasteiger partial charge in [0.15, 0.2) is 0 Å². The van der Waals surface area contributed by atoms with E-state index in [-0.39, 0.29) is 0 Å². The Morgan fingerprint density at radius 3 is 2.81 bits per heavy atom. The summed E-state index contributed by atoms with van der Waals surface area (Å²) in [6.07, 6.45) is -1.09. The van der Waals surface area contributed by atoms with E-state index < -0.39 is 6.09 Å². The van der Waals surface area contributed by atoms with Crippen LogP contribution in [0.1, 0.15) is 5.56 Å². The van der Waals surface area contributed by atoms with Gasteiger partial charge in [0, 0.05) is 11.5 Å². The predicted octanol–water partition coefficient (Wildman–Crippen LogP) is 3.97. The zero-order valence-corrected chi connectivity index (χ0v) is 11.8. The second-order valence-electron chi connectivity index (χ2n) is 4.40. The molecule has 0 atom stereocenters. The van der Waals surface area contributed by atoms with E-state index >= 15 is 0 Å². The number of amides is 1. The molecule has 0 radical (unpaired) electrons. The molecule has 0 fully saturated rings. The summed E-state index contributed by atoms with van der Waals surface area (Å²) in [5.74, 6) is 0.707. The molecule has 0 saturated heterocycles. The molecule has 0 saturated carbocycles. The van der Waals surface area contributed by atoms with Crippen LogP contribution in [0.3, 0.4) is 0 Å². The standard InChI is InChI=1S/C15H12N2O3S/c18-15(19)16-14-12-7-6-11(8-13(12)17-21-14)20-9-10-4-2-1-3-5-10/h1-8,16H,9H2,(H,18,19). The zero-order valence-electron chi connectivity index (χ0n) is 10.9. The van der Waals surface area contributed by atoms with E-state index in [1.165, 1.54) is 0 Å². The summed E-state index contributed by atoms with van der Waals surface area (Å²) in [4.78, 5) is 10.7. The highest BCUT2D eigenvalue weighted by Crippen LogP contribution is 2.30. The third-order valence-corrected chi connectivity index (χ3v) is 3.71. The monoisotopic (exact) mass is 300 g/mol. The summed E-state index contributed by atoms with van der Waals surface area (Å²) in [5, 5.41) is 12.4. The van der Waals surface area contributed by atoms with Crippen LogP contribution in [0.25, 0.3) is 10.9 Å². The number of rotatable bonds is 4. The van der Waals surface area contributed by atoms with Gasteiger partial charge in [-0.3, -0.25) is 5.32 Å². The lowest BCUT2D eigenvalue weighted by molar-refractivity contribution is 0.210. The Hall–Kier alpha value is -2.60. The van der Waals surface area contributed by atoms with Gasteiger partial charge in [-0.1, -0.05) is 30.3 Å². The van der Waals surface area contributed by atoms with Crippen LogP contribution < -0.4 is 10.1 Å². The zero-order chi connectivity index (χ0) is 14.7. The summed E-state index contributed by atoms with van der Waals surface area (Å²) in [5.41, 5.74) is 1.80. The van der Waals surface area contributed by atoms with Crippen LogP contribution in [-0.4, -0.2) is 15.6 Å². The fourth-order valence-electron chi connectivity index (χ4n) is 1.94. The maximum Gasteiger partial charge on any atom is 0.409 e. The number of nitrogens with zero attached hydrogens (tertiary/aromatic N) is 1. The highest BCUT2D eigenvalue weighted by Gasteiger charge is 2.09. The van der Waals surface area contributed by atoms with E-state index in [4.69, 9.17) is 9.84 Å². The molecule has 3 rings (SSSR count). The molecule has 21 heavy (non-hydrogen) atoms. The molecule has 0 unspecified atom stereocenters. The predicted molar refractivity (Wildman–Crippen MR) is 82.0 cm³/mol. The quantitative estimate of drug-likeness (QED) is 0.765. The number of hydrogen-bond donors (Lipinski definition) is 2. The van der Waals surface area contributed by atoms with Gasteiger partial charge in [0.25, 0.3) is 0 Å². The summed E-state index contributed by atoms with van der Waals surface area (Å²) in [7, 11) is 0. The minimum absolute atomic E-state index is 0.483. The maximum absolute atomic E-state index is 10.7. The van der Waals surface area contributed by atoms with Crippen molar-refractivity contribution in [3.8, 4) is 5.75 Å². The molecule has 1 aromatic heterocycles. The molecule has 0 aliphatic carbocycles. The first kappa shape index (κ1) is 13.4. The van der Waals surface area contributed by atoms with E-state index in [2.05, 4.69) is 9.69 Å². The molecule has 0 aliphatic rings. The lowest BCUT2D eigenvalue weighted by Gasteiger charge is -2.06. The molecule has 2 aromatic carbocycles. The minimum Gasteiger partial charge on any atom is -0.489 e. The molecular weight excluding hydrogens is 288 g/mol. The Bertz CT molecular complexity index is 771. The maximum atomic E-state index is 10.7. The average Bonchev–Trinajstić information content (AvgIpc) is 2.88. The smallest absolute Gasteiger partial charge is 0.409 e. The lowest BCUT2D eigenvalue weighted by Crippen LogP contribution is -2.05.